The molecular weight excluding hydrogens is 272 g/mol. The number of para-hydroxylation sites is 1. The first-order valence-electron chi connectivity index (χ1n) is 4.98. The Balaban J connectivity index is 2.33. The van der Waals surface area contributed by atoms with Crippen molar-refractivity contribution < 1.29 is 9.90 Å². The summed E-state index contributed by atoms with van der Waals surface area (Å²) in [4.78, 5) is 11.6. The molecule has 0 aliphatic carbocycles. The highest BCUT2D eigenvalue weighted by Gasteiger charge is 2.13. The van der Waals surface area contributed by atoms with Crippen molar-refractivity contribution in [3.05, 3.63) is 24.3 Å². The van der Waals surface area contributed by atoms with Crippen LogP contribution in [0.2, 0.25) is 0 Å². The van der Waals surface area contributed by atoms with Gasteiger partial charge in [0.05, 0.1) is 11.4 Å². The monoisotopic (exact) mass is 282 g/mol. The second-order valence-electron chi connectivity index (χ2n) is 3.23. The third-order valence-corrected chi connectivity index (χ3v) is 3.77. The van der Waals surface area contributed by atoms with E-state index < -0.39 is 5.97 Å². The minimum absolute atomic E-state index is 0.0677. The van der Waals surface area contributed by atoms with E-state index in [-0.39, 0.29) is 5.75 Å². The number of thioether (sulfide) groups is 2. The number of carboxylic acid groups (broad SMARTS) is 1. The predicted octanol–water partition coefficient (Wildman–Crippen LogP) is 1.56. The molecule has 0 amide bonds. The van der Waals surface area contributed by atoms with Crippen molar-refractivity contribution >= 4 is 29.5 Å². The lowest BCUT2D eigenvalue weighted by Gasteiger charge is -2.07. The zero-order chi connectivity index (χ0) is 13.0. The first-order chi connectivity index (χ1) is 8.72. The highest BCUT2D eigenvalue weighted by atomic mass is 32.2. The van der Waals surface area contributed by atoms with E-state index in [1.54, 1.807) is 16.4 Å². The molecule has 0 spiro atoms. The Kier molecular flexibility index (Phi) is 4.21. The number of aromatic nitrogens is 4. The van der Waals surface area contributed by atoms with Crippen LogP contribution in [0.25, 0.3) is 5.69 Å². The van der Waals surface area contributed by atoms with Crippen LogP contribution in [0.3, 0.4) is 0 Å². The van der Waals surface area contributed by atoms with Crippen LogP contribution in [0.5, 0.6) is 0 Å². The summed E-state index contributed by atoms with van der Waals surface area (Å²) in [6, 6.07) is 7.69. The minimum atomic E-state index is -0.896. The van der Waals surface area contributed by atoms with Gasteiger partial charge in [0, 0.05) is 4.90 Å². The van der Waals surface area contributed by atoms with E-state index in [1.807, 2.05) is 30.5 Å². The van der Waals surface area contributed by atoms with E-state index in [0.29, 0.717) is 5.16 Å². The van der Waals surface area contributed by atoms with Crippen molar-refractivity contribution in [2.24, 2.45) is 0 Å². The van der Waals surface area contributed by atoms with Gasteiger partial charge in [-0.3, -0.25) is 4.79 Å². The highest BCUT2D eigenvalue weighted by Crippen LogP contribution is 2.26. The summed E-state index contributed by atoms with van der Waals surface area (Å²) < 4.78 is 1.56. The number of aliphatic carboxylic acids is 1. The van der Waals surface area contributed by atoms with E-state index in [2.05, 4.69) is 15.5 Å². The van der Waals surface area contributed by atoms with Crippen molar-refractivity contribution in [3.63, 3.8) is 0 Å². The van der Waals surface area contributed by atoms with Crippen molar-refractivity contribution in [2.75, 3.05) is 12.0 Å². The quantitative estimate of drug-likeness (QED) is 0.833. The molecule has 0 radical (unpaired) electrons. The Hall–Kier alpha value is -1.54. The standard InChI is InChI=1S/C10H10N4O2S2/c1-17-8-5-3-2-4-7(8)14-10(11-12-13-14)18-6-9(15)16/h2-5H,6H2,1H3,(H,15,16). The van der Waals surface area contributed by atoms with Gasteiger partial charge >= 0.3 is 5.97 Å². The van der Waals surface area contributed by atoms with Crippen LogP contribution in [0.4, 0.5) is 0 Å². The maximum Gasteiger partial charge on any atom is 0.313 e. The molecule has 8 heteroatoms. The Morgan fingerprint density at radius 3 is 2.94 bits per heavy atom. The zero-order valence-electron chi connectivity index (χ0n) is 9.48. The summed E-state index contributed by atoms with van der Waals surface area (Å²) in [5, 5.41) is 20.5. The van der Waals surface area contributed by atoms with Gasteiger partial charge in [-0.15, -0.1) is 16.9 Å². The van der Waals surface area contributed by atoms with Crippen molar-refractivity contribution in [1.29, 1.82) is 0 Å². The van der Waals surface area contributed by atoms with Gasteiger partial charge < -0.3 is 5.11 Å². The molecule has 0 saturated heterocycles. The molecule has 2 rings (SSSR count). The topological polar surface area (TPSA) is 80.9 Å². The summed E-state index contributed by atoms with van der Waals surface area (Å²) in [5.74, 6) is -0.963. The maximum atomic E-state index is 10.6. The number of nitrogens with zero attached hydrogens (tertiary/aromatic N) is 4. The van der Waals surface area contributed by atoms with E-state index in [9.17, 15) is 4.79 Å². The summed E-state index contributed by atoms with van der Waals surface area (Å²) >= 11 is 2.68. The second kappa shape index (κ2) is 5.87. The van der Waals surface area contributed by atoms with Crippen LogP contribution in [0.1, 0.15) is 0 Å². The van der Waals surface area contributed by atoms with Crippen LogP contribution < -0.4 is 0 Å². The third-order valence-electron chi connectivity index (χ3n) is 2.08. The van der Waals surface area contributed by atoms with Gasteiger partial charge in [0.2, 0.25) is 5.16 Å². The number of tetrazole rings is 1. The SMILES string of the molecule is CSc1ccccc1-n1nnnc1SCC(=O)O. The maximum absolute atomic E-state index is 10.6. The Labute approximate surface area is 112 Å². The number of hydrogen-bond donors (Lipinski definition) is 1. The van der Waals surface area contributed by atoms with Crippen LogP contribution in [0.15, 0.2) is 34.3 Å². The lowest BCUT2D eigenvalue weighted by Crippen LogP contribution is -2.03. The van der Waals surface area contributed by atoms with Crippen LogP contribution in [-0.2, 0) is 4.79 Å². The molecule has 2 aromatic rings. The zero-order valence-corrected chi connectivity index (χ0v) is 11.1. The third kappa shape index (κ3) is 2.82. The Bertz CT molecular complexity index is 558. The summed E-state index contributed by atoms with van der Waals surface area (Å²) in [6.07, 6.45) is 1.97. The van der Waals surface area contributed by atoms with Crippen molar-refractivity contribution in [1.82, 2.24) is 20.2 Å². The number of rotatable bonds is 5. The molecule has 6 nitrogen and oxygen atoms in total. The fraction of sp³-hybridized carbons (Fsp3) is 0.200. The Morgan fingerprint density at radius 1 is 1.44 bits per heavy atom. The molecule has 0 atom stereocenters. The molecule has 0 fully saturated rings. The first kappa shape index (κ1) is 12.9. The van der Waals surface area contributed by atoms with Gasteiger partial charge in [0.25, 0.3) is 0 Å². The predicted molar refractivity (Wildman–Crippen MR) is 69.3 cm³/mol. The van der Waals surface area contributed by atoms with E-state index >= 15 is 0 Å². The van der Waals surface area contributed by atoms with Crippen molar-refractivity contribution in [2.45, 2.75) is 10.1 Å². The molecule has 18 heavy (non-hydrogen) atoms. The highest BCUT2D eigenvalue weighted by molar-refractivity contribution is 7.99. The number of carbonyl (C=O) groups is 1. The largest absolute Gasteiger partial charge is 0.481 e. The van der Waals surface area contributed by atoms with E-state index in [1.165, 1.54) is 0 Å². The van der Waals surface area contributed by atoms with Crippen LogP contribution in [-0.4, -0.2) is 43.3 Å². The summed E-state index contributed by atoms with van der Waals surface area (Å²) in [5.41, 5.74) is 0.850. The summed E-state index contributed by atoms with van der Waals surface area (Å²) in [7, 11) is 0. The molecule has 1 heterocycles. The molecular formula is C10H10N4O2S2. The van der Waals surface area contributed by atoms with Crippen LogP contribution >= 0.6 is 23.5 Å². The lowest BCUT2D eigenvalue weighted by atomic mass is 10.3. The van der Waals surface area contributed by atoms with Gasteiger partial charge in [0.1, 0.15) is 0 Å². The molecule has 1 N–H and O–H groups in total. The minimum Gasteiger partial charge on any atom is -0.481 e. The average molecular weight is 282 g/mol. The molecule has 0 bridgehead atoms. The van der Waals surface area contributed by atoms with Gasteiger partial charge in [0.15, 0.2) is 0 Å². The fourth-order valence-corrected chi connectivity index (χ4v) is 2.53. The second-order valence-corrected chi connectivity index (χ2v) is 5.02. The lowest BCUT2D eigenvalue weighted by molar-refractivity contribution is -0.133. The van der Waals surface area contributed by atoms with Gasteiger partial charge in [-0.25, -0.2) is 0 Å². The van der Waals surface area contributed by atoms with Gasteiger partial charge in [-0.2, -0.15) is 4.68 Å². The molecule has 0 aliphatic heterocycles. The van der Waals surface area contributed by atoms with Gasteiger partial charge in [-0.1, -0.05) is 23.9 Å². The molecule has 0 saturated carbocycles. The average Bonchev–Trinajstić information content (AvgIpc) is 2.84. The number of carboxylic acids is 1. The van der Waals surface area contributed by atoms with Gasteiger partial charge in [-0.05, 0) is 28.8 Å². The van der Waals surface area contributed by atoms with Crippen LogP contribution in [0, 0.1) is 0 Å². The summed E-state index contributed by atoms with van der Waals surface area (Å²) in [6.45, 7) is 0. The molecule has 1 aromatic carbocycles. The van der Waals surface area contributed by atoms with E-state index in [4.69, 9.17) is 5.11 Å². The van der Waals surface area contributed by atoms with E-state index in [0.717, 1.165) is 22.3 Å². The normalized spacial score (nSPS) is 10.5. The smallest absolute Gasteiger partial charge is 0.313 e. The number of hydrogen-bond acceptors (Lipinski definition) is 6. The molecule has 1 aromatic heterocycles. The molecule has 94 valence electrons. The molecule has 0 aliphatic rings. The van der Waals surface area contributed by atoms with Crippen molar-refractivity contribution in [3.8, 4) is 5.69 Å². The molecule has 0 unspecified atom stereocenters. The first-order valence-corrected chi connectivity index (χ1v) is 7.19. The fourth-order valence-electron chi connectivity index (χ4n) is 1.35. The number of benzene rings is 1. The Morgan fingerprint density at radius 2 is 2.22 bits per heavy atom.